The second-order valence-electron chi connectivity index (χ2n) is 4.42. The van der Waals surface area contributed by atoms with Crippen LogP contribution in [0.5, 0.6) is 0 Å². The Morgan fingerprint density at radius 2 is 1.81 bits per heavy atom. The molecule has 3 nitrogen and oxygen atoms in total. The van der Waals surface area contributed by atoms with Gasteiger partial charge < -0.3 is 10.6 Å². The van der Waals surface area contributed by atoms with E-state index in [0.717, 1.165) is 32.4 Å². The van der Waals surface area contributed by atoms with Crippen molar-refractivity contribution in [3.8, 4) is 0 Å². The molecule has 0 aromatic carbocycles. The maximum absolute atomic E-state index is 11.4. The summed E-state index contributed by atoms with van der Waals surface area (Å²) in [6.45, 7) is 5.90. The number of carbonyl (C=O) groups is 1. The Bertz CT molecular complexity index is 159. The summed E-state index contributed by atoms with van der Waals surface area (Å²) in [5.41, 5.74) is 0. The number of nitrogens with one attached hydrogen (secondary N) is 2. The van der Waals surface area contributed by atoms with Gasteiger partial charge in [-0.15, -0.1) is 0 Å². The summed E-state index contributed by atoms with van der Waals surface area (Å²) < 4.78 is 0. The van der Waals surface area contributed by atoms with Crippen molar-refractivity contribution in [2.75, 3.05) is 20.1 Å². The first kappa shape index (κ1) is 15.6. The first-order valence-electron chi connectivity index (χ1n) is 6.60. The highest BCUT2D eigenvalue weighted by Gasteiger charge is 2.11. The predicted octanol–water partition coefficient (Wildman–Crippen LogP) is 2.11. The highest BCUT2D eigenvalue weighted by Crippen LogP contribution is 2.02. The van der Waals surface area contributed by atoms with Crippen LogP contribution in [0.15, 0.2) is 0 Å². The van der Waals surface area contributed by atoms with Gasteiger partial charge in [-0.3, -0.25) is 4.79 Å². The van der Waals surface area contributed by atoms with Crippen LogP contribution in [0, 0.1) is 0 Å². The maximum atomic E-state index is 11.4. The van der Waals surface area contributed by atoms with Gasteiger partial charge >= 0.3 is 0 Å². The molecule has 0 bridgehead atoms. The van der Waals surface area contributed by atoms with Crippen LogP contribution in [0.1, 0.15) is 52.4 Å². The summed E-state index contributed by atoms with van der Waals surface area (Å²) in [7, 11) is 1.96. The molecule has 1 unspecified atom stereocenters. The Labute approximate surface area is 100 Å². The summed E-state index contributed by atoms with van der Waals surface area (Å²) in [5, 5.41) is 6.49. The van der Waals surface area contributed by atoms with Crippen LogP contribution in [-0.4, -0.2) is 32.0 Å². The number of carbonyl (C=O) groups excluding carboxylic acids is 1. The fourth-order valence-electron chi connectivity index (χ4n) is 1.75. The molecular weight excluding hydrogens is 200 g/mol. The van der Waals surface area contributed by atoms with Crippen molar-refractivity contribution in [3.63, 3.8) is 0 Å². The van der Waals surface area contributed by atoms with Crippen molar-refractivity contribution in [2.45, 2.75) is 58.4 Å². The van der Waals surface area contributed by atoms with Gasteiger partial charge in [0.15, 0.2) is 0 Å². The molecule has 0 saturated heterocycles. The molecule has 0 aliphatic rings. The van der Waals surface area contributed by atoms with Gasteiger partial charge in [0, 0.05) is 0 Å². The first-order valence-corrected chi connectivity index (χ1v) is 6.60. The minimum absolute atomic E-state index is 0.0775. The van der Waals surface area contributed by atoms with E-state index in [1.54, 1.807) is 6.92 Å². The summed E-state index contributed by atoms with van der Waals surface area (Å²) in [5.74, 6) is 0.279. The van der Waals surface area contributed by atoms with E-state index in [1.807, 2.05) is 7.05 Å². The average Bonchev–Trinajstić information content (AvgIpc) is 2.26. The lowest BCUT2D eigenvalue weighted by Crippen LogP contribution is -2.36. The normalized spacial score (nSPS) is 12.7. The summed E-state index contributed by atoms with van der Waals surface area (Å²) >= 11 is 0. The molecule has 96 valence electrons. The van der Waals surface area contributed by atoms with Crippen LogP contribution >= 0.6 is 0 Å². The van der Waals surface area contributed by atoms with Gasteiger partial charge in [-0.25, -0.2) is 0 Å². The molecule has 2 N–H and O–H groups in total. The van der Waals surface area contributed by atoms with E-state index < -0.39 is 0 Å². The molecule has 0 aromatic heterocycles. The van der Waals surface area contributed by atoms with Gasteiger partial charge in [0.25, 0.3) is 0 Å². The van der Waals surface area contributed by atoms with Crippen molar-refractivity contribution < 1.29 is 4.79 Å². The SMILES string of the molecule is CCCCCNC(CCCCNC)C(C)=O. The highest BCUT2D eigenvalue weighted by atomic mass is 16.1. The van der Waals surface area contributed by atoms with Gasteiger partial charge in [0.2, 0.25) is 0 Å². The monoisotopic (exact) mass is 228 g/mol. The van der Waals surface area contributed by atoms with Crippen molar-refractivity contribution >= 4 is 5.78 Å². The molecule has 0 aliphatic carbocycles. The van der Waals surface area contributed by atoms with E-state index in [4.69, 9.17) is 0 Å². The fourth-order valence-corrected chi connectivity index (χ4v) is 1.75. The summed E-state index contributed by atoms with van der Waals surface area (Å²) in [4.78, 5) is 11.4. The minimum Gasteiger partial charge on any atom is -0.320 e. The van der Waals surface area contributed by atoms with Crippen molar-refractivity contribution in [2.24, 2.45) is 0 Å². The molecule has 1 atom stereocenters. The Hall–Kier alpha value is -0.410. The van der Waals surface area contributed by atoms with Crippen molar-refractivity contribution in [3.05, 3.63) is 0 Å². The third kappa shape index (κ3) is 8.86. The molecule has 16 heavy (non-hydrogen) atoms. The Morgan fingerprint density at radius 1 is 1.12 bits per heavy atom. The van der Waals surface area contributed by atoms with E-state index in [-0.39, 0.29) is 11.8 Å². The first-order chi connectivity index (χ1) is 7.72. The molecule has 0 rings (SSSR count). The molecule has 0 amide bonds. The van der Waals surface area contributed by atoms with Crippen LogP contribution in [0.2, 0.25) is 0 Å². The third-order valence-corrected chi connectivity index (χ3v) is 2.83. The van der Waals surface area contributed by atoms with E-state index in [1.165, 1.54) is 19.3 Å². The van der Waals surface area contributed by atoms with E-state index in [0.29, 0.717) is 0 Å². The van der Waals surface area contributed by atoms with Crippen LogP contribution in [0.4, 0.5) is 0 Å². The zero-order chi connectivity index (χ0) is 12.2. The quantitative estimate of drug-likeness (QED) is 0.532. The zero-order valence-corrected chi connectivity index (χ0v) is 11.1. The summed E-state index contributed by atoms with van der Waals surface area (Å²) in [6.07, 6.45) is 6.90. The standard InChI is InChI=1S/C13H28N2O/c1-4-5-7-11-15-13(12(2)16)9-6-8-10-14-3/h13-15H,4-11H2,1-3H3. The predicted molar refractivity (Wildman–Crippen MR) is 69.8 cm³/mol. The lowest BCUT2D eigenvalue weighted by molar-refractivity contribution is -0.119. The number of hydrogen-bond acceptors (Lipinski definition) is 3. The summed E-state index contributed by atoms with van der Waals surface area (Å²) in [6, 6.07) is 0.0775. The molecule has 0 heterocycles. The molecule has 0 radical (unpaired) electrons. The van der Waals surface area contributed by atoms with Crippen LogP contribution < -0.4 is 10.6 Å². The molecule has 0 aliphatic heterocycles. The molecule has 3 heteroatoms. The van der Waals surface area contributed by atoms with Crippen molar-refractivity contribution in [1.82, 2.24) is 10.6 Å². The average molecular weight is 228 g/mol. The Balaban J connectivity index is 3.59. The molecule has 0 fully saturated rings. The Morgan fingerprint density at radius 3 is 2.38 bits per heavy atom. The van der Waals surface area contributed by atoms with Crippen molar-refractivity contribution in [1.29, 1.82) is 0 Å². The molecular formula is C13H28N2O. The Kier molecular flexibility index (Phi) is 10.8. The number of unbranched alkanes of at least 4 members (excludes halogenated alkanes) is 3. The second kappa shape index (κ2) is 11.1. The number of Topliss-reactive ketones (excluding diaryl/α,β-unsaturated/α-hetero) is 1. The van der Waals surface area contributed by atoms with Crippen LogP contribution in [0.25, 0.3) is 0 Å². The van der Waals surface area contributed by atoms with Gasteiger partial charge in [-0.2, -0.15) is 0 Å². The zero-order valence-electron chi connectivity index (χ0n) is 11.1. The van der Waals surface area contributed by atoms with Gasteiger partial charge in [-0.05, 0) is 46.3 Å². The highest BCUT2D eigenvalue weighted by molar-refractivity contribution is 5.81. The molecule has 0 saturated carbocycles. The van der Waals surface area contributed by atoms with Crippen LogP contribution in [-0.2, 0) is 4.79 Å². The lowest BCUT2D eigenvalue weighted by atomic mass is 10.1. The molecule has 0 aromatic rings. The van der Waals surface area contributed by atoms with E-state index in [9.17, 15) is 4.79 Å². The number of rotatable bonds is 11. The smallest absolute Gasteiger partial charge is 0.146 e. The topological polar surface area (TPSA) is 41.1 Å². The van der Waals surface area contributed by atoms with Gasteiger partial charge in [-0.1, -0.05) is 26.2 Å². The fraction of sp³-hybridized carbons (Fsp3) is 0.923. The van der Waals surface area contributed by atoms with Gasteiger partial charge in [0.05, 0.1) is 6.04 Å². The van der Waals surface area contributed by atoms with E-state index >= 15 is 0 Å². The number of hydrogen-bond donors (Lipinski definition) is 2. The lowest BCUT2D eigenvalue weighted by Gasteiger charge is -2.15. The third-order valence-electron chi connectivity index (χ3n) is 2.83. The second-order valence-corrected chi connectivity index (χ2v) is 4.42. The maximum Gasteiger partial charge on any atom is 0.146 e. The van der Waals surface area contributed by atoms with E-state index in [2.05, 4.69) is 17.6 Å². The number of ketones is 1. The molecule has 0 spiro atoms. The minimum atomic E-state index is 0.0775. The largest absolute Gasteiger partial charge is 0.320 e. The van der Waals surface area contributed by atoms with Gasteiger partial charge in [0.1, 0.15) is 5.78 Å². The van der Waals surface area contributed by atoms with Crippen LogP contribution in [0.3, 0.4) is 0 Å².